The topological polar surface area (TPSA) is 43.9 Å². The van der Waals surface area contributed by atoms with Crippen LogP contribution < -0.4 is 0 Å². The molecule has 0 atom stereocenters. The maximum Gasteiger partial charge on any atom is 0.177 e. The van der Waals surface area contributed by atoms with Crippen molar-refractivity contribution in [3.8, 4) is 11.6 Å². The van der Waals surface area contributed by atoms with Crippen LogP contribution >= 0.6 is 0 Å². The van der Waals surface area contributed by atoms with Crippen molar-refractivity contribution in [3.05, 3.63) is 72.2 Å². The lowest BCUT2D eigenvalue weighted by molar-refractivity contribution is 0.540. The minimum Gasteiger partial charge on any atom is -0.458 e. The minimum atomic E-state index is 0.734. The second-order valence-electron chi connectivity index (χ2n) is 5.28. The fraction of sp³-hybridized carbons (Fsp3) is 0.111. The van der Waals surface area contributed by atoms with E-state index in [0.717, 1.165) is 34.9 Å². The Balaban J connectivity index is 1.90. The van der Waals surface area contributed by atoms with Gasteiger partial charge in [-0.15, -0.1) is 0 Å². The molecule has 0 aliphatic rings. The van der Waals surface area contributed by atoms with Crippen molar-refractivity contribution in [3.63, 3.8) is 0 Å². The summed E-state index contributed by atoms with van der Waals surface area (Å²) < 4.78 is 7.97. The molecule has 0 saturated heterocycles. The summed E-state index contributed by atoms with van der Waals surface area (Å²) in [6, 6.07) is 16.1. The first-order valence-electron chi connectivity index (χ1n) is 7.22. The number of aromatic nitrogens is 3. The molecule has 0 aliphatic heterocycles. The van der Waals surface area contributed by atoms with Crippen LogP contribution in [-0.2, 0) is 6.54 Å². The van der Waals surface area contributed by atoms with Gasteiger partial charge in [-0.25, -0.2) is 4.98 Å². The van der Waals surface area contributed by atoms with Gasteiger partial charge < -0.3 is 8.98 Å². The average molecular weight is 289 g/mol. The molecule has 4 nitrogen and oxygen atoms in total. The highest BCUT2D eigenvalue weighted by Gasteiger charge is 2.15. The predicted octanol–water partition coefficient (Wildman–Crippen LogP) is 4.05. The van der Waals surface area contributed by atoms with E-state index in [1.807, 2.05) is 61.8 Å². The van der Waals surface area contributed by atoms with Crippen molar-refractivity contribution in [1.82, 2.24) is 14.5 Å². The van der Waals surface area contributed by atoms with Gasteiger partial charge in [0.25, 0.3) is 0 Å². The largest absolute Gasteiger partial charge is 0.458 e. The number of fused-ring (bicyclic) bond motifs is 1. The number of imidazole rings is 1. The zero-order valence-electron chi connectivity index (χ0n) is 12.2. The summed E-state index contributed by atoms with van der Waals surface area (Å²) in [6.45, 7) is 2.68. The zero-order valence-corrected chi connectivity index (χ0v) is 12.2. The van der Waals surface area contributed by atoms with Crippen LogP contribution in [0, 0.1) is 6.92 Å². The first-order valence-corrected chi connectivity index (χ1v) is 7.22. The van der Waals surface area contributed by atoms with Gasteiger partial charge in [0, 0.05) is 18.9 Å². The van der Waals surface area contributed by atoms with Crippen LogP contribution in [-0.4, -0.2) is 14.5 Å². The first kappa shape index (κ1) is 12.8. The summed E-state index contributed by atoms with van der Waals surface area (Å²) in [7, 11) is 0. The number of benzene rings is 1. The third-order valence-electron chi connectivity index (χ3n) is 3.71. The normalized spacial score (nSPS) is 11.1. The van der Waals surface area contributed by atoms with Crippen LogP contribution in [0.1, 0.15) is 11.3 Å². The molecular formula is C18H15N3O. The second-order valence-corrected chi connectivity index (χ2v) is 5.28. The van der Waals surface area contributed by atoms with Crippen LogP contribution in [0.5, 0.6) is 0 Å². The Morgan fingerprint density at radius 1 is 1.00 bits per heavy atom. The van der Waals surface area contributed by atoms with Gasteiger partial charge in [-0.1, -0.05) is 12.1 Å². The fourth-order valence-corrected chi connectivity index (χ4v) is 2.65. The summed E-state index contributed by atoms with van der Waals surface area (Å²) in [6.07, 6.45) is 3.62. The summed E-state index contributed by atoms with van der Waals surface area (Å²) in [4.78, 5) is 8.82. The van der Waals surface area contributed by atoms with Gasteiger partial charge in [0.05, 0.1) is 11.0 Å². The summed E-state index contributed by atoms with van der Waals surface area (Å²) in [5, 5.41) is 0. The van der Waals surface area contributed by atoms with Gasteiger partial charge in [-0.05, 0) is 48.9 Å². The Kier molecular flexibility index (Phi) is 3.00. The molecule has 0 amide bonds. The molecular weight excluding hydrogens is 274 g/mol. The standard InChI is InChI=1S/C18H15N3O/c1-13-6-7-17(22-13)18-20-15-4-2-3-5-16(15)21(18)12-14-8-10-19-11-9-14/h2-11H,12H2,1H3. The van der Waals surface area contributed by atoms with E-state index in [0.29, 0.717) is 0 Å². The lowest BCUT2D eigenvalue weighted by Gasteiger charge is -2.07. The number of hydrogen-bond acceptors (Lipinski definition) is 3. The molecule has 108 valence electrons. The summed E-state index contributed by atoms with van der Waals surface area (Å²) >= 11 is 0. The van der Waals surface area contributed by atoms with Crippen molar-refractivity contribution in [2.45, 2.75) is 13.5 Å². The Morgan fingerprint density at radius 3 is 2.59 bits per heavy atom. The van der Waals surface area contributed by atoms with E-state index < -0.39 is 0 Å². The Morgan fingerprint density at radius 2 is 1.82 bits per heavy atom. The molecule has 0 unspecified atom stereocenters. The van der Waals surface area contributed by atoms with Crippen molar-refractivity contribution in [2.24, 2.45) is 0 Å². The number of rotatable bonds is 3. The quantitative estimate of drug-likeness (QED) is 0.571. The Hall–Kier alpha value is -2.88. The van der Waals surface area contributed by atoms with Gasteiger partial charge in [0.2, 0.25) is 0 Å². The monoisotopic (exact) mass is 289 g/mol. The number of aryl methyl sites for hydroxylation is 1. The van der Waals surface area contributed by atoms with Gasteiger partial charge in [-0.2, -0.15) is 0 Å². The molecule has 4 rings (SSSR count). The molecule has 0 aliphatic carbocycles. The van der Waals surface area contributed by atoms with E-state index in [2.05, 4.69) is 15.6 Å². The van der Waals surface area contributed by atoms with Crippen molar-refractivity contribution in [2.75, 3.05) is 0 Å². The smallest absolute Gasteiger partial charge is 0.177 e. The van der Waals surface area contributed by atoms with E-state index >= 15 is 0 Å². The van der Waals surface area contributed by atoms with Gasteiger partial charge in [-0.3, -0.25) is 4.98 Å². The van der Waals surface area contributed by atoms with E-state index in [1.165, 1.54) is 5.56 Å². The molecule has 4 heteroatoms. The SMILES string of the molecule is Cc1ccc(-c2nc3ccccc3n2Cc2ccncc2)o1. The third-order valence-corrected chi connectivity index (χ3v) is 3.71. The van der Waals surface area contributed by atoms with Crippen molar-refractivity contribution >= 4 is 11.0 Å². The molecule has 0 saturated carbocycles. The van der Waals surface area contributed by atoms with E-state index in [1.54, 1.807) is 0 Å². The average Bonchev–Trinajstić information content (AvgIpc) is 3.13. The van der Waals surface area contributed by atoms with Crippen molar-refractivity contribution in [1.29, 1.82) is 0 Å². The van der Waals surface area contributed by atoms with Gasteiger partial charge >= 0.3 is 0 Å². The zero-order chi connectivity index (χ0) is 14.9. The first-order chi connectivity index (χ1) is 10.8. The summed E-state index contributed by atoms with van der Waals surface area (Å²) in [5.74, 6) is 2.53. The molecule has 0 bridgehead atoms. The van der Waals surface area contributed by atoms with Gasteiger partial charge in [0.1, 0.15) is 5.76 Å². The highest BCUT2D eigenvalue weighted by atomic mass is 16.3. The van der Waals surface area contributed by atoms with Crippen LogP contribution in [0.3, 0.4) is 0 Å². The molecule has 0 radical (unpaired) electrons. The molecule has 4 aromatic rings. The number of hydrogen-bond donors (Lipinski definition) is 0. The molecule has 22 heavy (non-hydrogen) atoms. The van der Waals surface area contributed by atoms with Crippen LogP contribution in [0.15, 0.2) is 65.3 Å². The fourth-order valence-electron chi connectivity index (χ4n) is 2.65. The van der Waals surface area contributed by atoms with E-state index in [4.69, 9.17) is 9.40 Å². The highest BCUT2D eigenvalue weighted by Crippen LogP contribution is 2.27. The molecule has 0 spiro atoms. The number of furan rings is 1. The Labute approximate surface area is 128 Å². The van der Waals surface area contributed by atoms with Crippen LogP contribution in [0.2, 0.25) is 0 Å². The number of nitrogens with zero attached hydrogens (tertiary/aromatic N) is 3. The molecule has 0 fully saturated rings. The molecule has 3 aromatic heterocycles. The third kappa shape index (κ3) is 2.19. The molecule has 3 heterocycles. The Bertz CT molecular complexity index is 922. The van der Waals surface area contributed by atoms with Gasteiger partial charge in [0.15, 0.2) is 11.6 Å². The van der Waals surface area contributed by atoms with E-state index in [-0.39, 0.29) is 0 Å². The predicted molar refractivity (Wildman–Crippen MR) is 85.5 cm³/mol. The molecule has 0 N–H and O–H groups in total. The second kappa shape index (κ2) is 5.15. The van der Waals surface area contributed by atoms with Crippen LogP contribution in [0.25, 0.3) is 22.6 Å². The minimum absolute atomic E-state index is 0.734. The van der Waals surface area contributed by atoms with E-state index in [9.17, 15) is 0 Å². The maximum absolute atomic E-state index is 5.78. The number of pyridine rings is 1. The number of para-hydroxylation sites is 2. The maximum atomic E-state index is 5.78. The van der Waals surface area contributed by atoms with Crippen LogP contribution in [0.4, 0.5) is 0 Å². The highest BCUT2D eigenvalue weighted by molar-refractivity contribution is 5.79. The molecule has 1 aromatic carbocycles. The summed E-state index contributed by atoms with van der Waals surface area (Å²) in [5.41, 5.74) is 3.26. The van der Waals surface area contributed by atoms with Crippen molar-refractivity contribution < 1.29 is 4.42 Å². The lowest BCUT2D eigenvalue weighted by Crippen LogP contribution is -2.01. The lowest BCUT2D eigenvalue weighted by atomic mass is 10.2.